The molecular weight excluding hydrogens is 277 g/mol. The molecule has 0 amide bonds. The van der Waals surface area contributed by atoms with Gasteiger partial charge in [0.15, 0.2) is 11.3 Å². The molecule has 2 unspecified atom stereocenters. The largest absolute Gasteiger partial charge is 0.425 e. The average Bonchev–Trinajstić information content (AvgIpc) is 2.14. The SMILES string of the molecule is CC(=O)SCCC(F)C(F)(F)C(F)C(F)(F)F. The molecule has 0 aliphatic heterocycles. The predicted molar refractivity (Wildman–Crippen MR) is 48.6 cm³/mol. The Kier molecular flexibility index (Phi) is 5.76. The number of halogens is 7. The molecule has 17 heavy (non-hydrogen) atoms. The monoisotopic (exact) mass is 286 g/mol. The second kappa shape index (κ2) is 5.92. The van der Waals surface area contributed by atoms with E-state index in [0.717, 1.165) is 6.92 Å². The van der Waals surface area contributed by atoms with Crippen molar-refractivity contribution in [3.63, 3.8) is 0 Å². The molecule has 0 bridgehead atoms. The molecule has 0 aromatic heterocycles. The lowest BCUT2D eigenvalue weighted by atomic mass is 10.1. The predicted octanol–water partition coefficient (Wildman–Crippen LogP) is 3.53. The lowest BCUT2D eigenvalue weighted by molar-refractivity contribution is -0.259. The van der Waals surface area contributed by atoms with Crippen molar-refractivity contribution in [2.75, 3.05) is 5.75 Å². The first-order valence-electron chi connectivity index (χ1n) is 4.35. The average molecular weight is 286 g/mol. The van der Waals surface area contributed by atoms with Gasteiger partial charge in [0.05, 0.1) is 0 Å². The first-order valence-corrected chi connectivity index (χ1v) is 5.34. The van der Waals surface area contributed by atoms with Crippen LogP contribution < -0.4 is 0 Å². The zero-order valence-corrected chi connectivity index (χ0v) is 9.35. The van der Waals surface area contributed by atoms with Crippen LogP contribution in [0.5, 0.6) is 0 Å². The highest BCUT2D eigenvalue weighted by atomic mass is 32.2. The van der Waals surface area contributed by atoms with Gasteiger partial charge in [-0.15, -0.1) is 0 Å². The highest BCUT2D eigenvalue weighted by Gasteiger charge is 2.60. The lowest BCUT2D eigenvalue weighted by Crippen LogP contribution is -2.48. The summed E-state index contributed by atoms with van der Waals surface area (Å²) >= 11 is 0.479. The van der Waals surface area contributed by atoms with Gasteiger partial charge in [-0.1, -0.05) is 11.8 Å². The Morgan fingerprint density at radius 2 is 1.65 bits per heavy atom. The highest BCUT2D eigenvalue weighted by Crippen LogP contribution is 2.39. The van der Waals surface area contributed by atoms with Crippen LogP contribution in [-0.2, 0) is 4.79 Å². The molecule has 102 valence electrons. The van der Waals surface area contributed by atoms with Crippen molar-refractivity contribution >= 4 is 16.9 Å². The summed E-state index contributed by atoms with van der Waals surface area (Å²) in [7, 11) is 0. The molecule has 0 N–H and O–H groups in total. The maximum atomic E-state index is 12.8. The Morgan fingerprint density at radius 1 is 1.18 bits per heavy atom. The molecule has 0 radical (unpaired) electrons. The van der Waals surface area contributed by atoms with Crippen LogP contribution in [0.1, 0.15) is 13.3 Å². The number of hydrogen-bond donors (Lipinski definition) is 0. The molecule has 2 atom stereocenters. The van der Waals surface area contributed by atoms with Crippen LogP contribution in [0.4, 0.5) is 30.7 Å². The maximum absolute atomic E-state index is 12.8. The zero-order chi connectivity index (χ0) is 13.9. The van der Waals surface area contributed by atoms with E-state index >= 15 is 0 Å². The Morgan fingerprint density at radius 3 is 2.00 bits per heavy atom. The summed E-state index contributed by atoms with van der Waals surface area (Å²) in [5, 5.41) is -0.492. The van der Waals surface area contributed by atoms with Gasteiger partial charge in [0, 0.05) is 12.7 Å². The third-order valence-electron chi connectivity index (χ3n) is 1.72. The van der Waals surface area contributed by atoms with E-state index in [2.05, 4.69) is 0 Å². The standard InChI is InChI=1S/C8H9F7OS/c1-4(16)17-3-2-5(9)7(11,12)6(10)8(13,14)15/h5-6H,2-3H2,1H3. The Hall–Kier alpha value is -0.470. The third-order valence-corrected chi connectivity index (χ3v) is 2.57. The highest BCUT2D eigenvalue weighted by molar-refractivity contribution is 8.13. The number of alkyl halides is 7. The van der Waals surface area contributed by atoms with E-state index < -0.39 is 41.7 Å². The maximum Gasteiger partial charge on any atom is 0.425 e. The van der Waals surface area contributed by atoms with Crippen LogP contribution in [0.3, 0.4) is 0 Å². The molecular formula is C8H9F7OS. The molecule has 1 nitrogen and oxygen atoms in total. The van der Waals surface area contributed by atoms with Crippen LogP contribution >= 0.6 is 11.8 Å². The van der Waals surface area contributed by atoms with Crippen molar-refractivity contribution in [3.05, 3.63) is 0 Å². The molecule has 0 aromatic carbocycles. The van der Waals surface area contributed by atoms with Crippen LogP contribution in [-0.4, -0.2) is 35.3 Å². The minimum atomic E-state index is -5.82. The van der Waals surface area contributed by atoms with E-state index in [4.69, 9.17) is 0 Å². The quantitative estimate of drug-likeness (QED) is 0.719. The van der Waals surface area contributed by atoms with Crippen LogP contribution in [0.2, 0.25) is 0 Å². The van der Waals surface area contributed by atoms with E-state index in [1.165, 1.54) is 0 Å². The van der Waals surface area contributed by atoms with Gasteiger partial charge in [0.2, 0.25) is 0 Å². The molecule has 0 aliphatic carbocycles. The summed E-state index contributed by atoms with van der Waals surface area (Å²) < 4.78 is 85.5. The molecule has 0 fully saturated rings. The van der Waals surface area contributed by atoms with E-state index in [-0.39, 0.29) is 0 Å². The fraction of sp³-hybridized carbons (Fsp3) is 0.875. The molecule has 0 saturated carbocycles. The smallest absolute Gasteiger partial charge is 0.288 e. The molecule has 0 saturated heterocycles. The Labute approximate surface area is 96.7 Å². The van der Waals surface area contributed by atoms with E-state index in [0.29, 0.717) is 11.8 Å². The van der Waals surface area contributed by atoms with Crippen LogP contribution in [0, 0.1) is 0 Å². The molecule has 0 aliphatic rings. The Bertz CT molecular complexity index is 265. The van der Waals surface area contributed by atoms with Gasteiger partial charge in [0.1, 0.15) is 0 Å². The van der Waals surface area contributed by atoms with Gasteiger partial charge >= 0.3 is 12.1 Å². The second-order valence-electron chi connectivity index (χ2n) is 3.17. The second-order valence-corrected chi connectivity index (χ2v) is 4.45. The number of thioether (sulfide) groups is 1. The minimum Gasteiger partial charge on any atom is -0.288 e. The molecule has 0 heterocycles. The van der Waals surface area contributed by atoms with Gasteiger partial charge in [-0.05, 0) is 6.42 Å². The molecule has 0 aromatic rings. The zero-order valence-electron chi connectivity index (χ0n) is 8.53. The molecule has 0 spiro atoms. The van der Waals surface area contributed by atoms with Gasteiger partial charge in [-0.25, -0.2) is 8.78 Å². The molecule has 9 heteroatoms. The van der Waals surface area contributed by atoms with E-state index in [9.17, 15) is 35.5 Å². The first kappa shape index (κ1) is 16.5. The summed E-state index contributed by atoms with van der Waals surface area (Å²) in [4.78, 5) is 10.4. The van der Waals surface area contributed by atoms with Gasteiger partial charge in [-0.3, -0.25) is 4.79 Å². The summed E-state index contributed by atoms with van der Waals surface area (Å²) in [6.45, 7) is 1.09. The summed E-state index contributed by atoms with van der Waals surface area (Å²) in [5.74, 6) is -5.58. The number of hydrogen-bond acceptors (Lipinski definition) is 2. The Balaban J connectivity index is 4.43. The van der Waals surface area contributed by atoms with Crippen molar-refractivity contribution in [2.24, 2.45) is 0 Å². The number of rotatable bonds is 5. The van der Waals surface area contributed by atoms with Crippen LogP contribution in [0.15, 0.2) is 0 Å². The summed E-state index contributed by atoms with van der Waals surface area (Å²) in [6.07, 6.45) is -14.7. The fourth-order valence-electron chi connectivity index (χ4n) is 0.876. The number of carbonyl (C=O) groups excluding carboxylic acids is 1. The van der Waals surface area contributed by atoms with E-state index in [1.54, 1.807) is 0 Å². The van der Waals surface area contributed by atoms with Crippen molar-refractivity contribution in [2.45, 2.75) is 37.8 Å². The van der Waals surface area contributed by atoms with Crippen molar-refractivity contribution in [1.29, 1.82) is 0 Å². The van der Waals surface area contributed by atoms with Crippen molar-refractivity contribution in [3.8, 4) is 0 Å². The van der Waals surface area contributed by atoms with Gasteiger partial charge in [0.25, 0.3) is 6.17 Å². The first-order chi connectivity index (χ1) is 7.49. The third kappa shape index (κ3) is 5.13. The van der Waals surface area contributed by atoms with Gasteiger partial charge in [-0.2, -0.15) is 22.0 Å². The normalized spacial score (nSPS) is 16.7. The summed E-state index contributed by atoms with van der Waals surface area (Å²) in [6, 6.07) is 0. The minimum absolute atomic E-state index is 0.434. The number of carbonyl (C=O) groups is 1. The summed E-state index contributed by atoms with van der Waals surface area (Å²) in [5.41, 5.74) is 0. The topological polar surface area (TPSA) is 17.1 Å². The van der Waals surface area contributed by atoms with E-state index in [1.807, 2.05) is 0 Å². The van der Waals surface area contributed by atoms with Crippen LogP contribution in [0.25, 0.3) is 0 Å². The lowest BCUT2D eigenvalue weighted by Gasteiger charge is -2.25. The van der Waals surface area contributed by atoms with Crippen molar-refractivity contribution < 1.29 is 35.5 Å². The fourth-order valence-corrected chi connectivity index (χ4v) is 1.49. The molecule has 0 rings (SSSR count). The van der Waals surface area contributed by atoms with Crippen molar-refractivity contribution in [1.82, 2.24) is 0 Å². The van der Waals surface area contributed by atoms with Gasteiger partial charge < -0.3 is 0 Å².